The summed E-state index contributed by atoms with van der Waals surface area (Å²) in [6.45, 7) is 2.36. The first kappa shape index (κ1) is 17.6. The Balaban J connectivity index is 1.42. The number of aryl methyl sites for hydroxylation is 1. The molecule has 3 heterocycles. The summed E-state index contributed by atoms with van der Waals surface area (Å²) in [6.07, 6.45) is 5.86. The summed E-state index contributed by atoms with van der Waals surface area (Å²) in [5.41, 5.74) is 4.34. The van der Waals surface area contributed by atoms with Crippen LogP contribution in [0.15, 0.2) is 59.7 Å². The summed E-state index contributed by atoms with van der Waals surface area (Å²) in [4.78, 5) is 17.0. The molecule has 1 fully saturated rings. The third kappa shape index (κ3) is 3.08. The highest BCUT2D eigenvalue weighted by Gasteiger charge is 2.48. The summed E-state index contributed by atoms with van der Waals surface area (Å²) in [7, 11) is 1.67. The smallest absolute Gasteiger partial charge is 0.258 e. The molecule has 1 aliphatic rings. The monoisotopic (exact) mass is 387 g/mol. The lowest BCUT2D eigenvalue weighted by atomic mass is 9.93. The van der Waals surface area contributed by atoms with Gasteiger partial charge in [-0.05, 0) is 49.1 Å². The second-order valence-corrected chi connectivity index (χ2v) is 7.63. The van der Waals surface area contributed by atoms with E-state index in [-0.39, 0.29) is 11.0 Å². The number of fused-ring (bicyclic) bond motifs is 1. The second kappa shape index (κ2) is 6.55. The summed E-state index contributed by atoms with van der Waals surface area (Å²) < 4.78 is 8.58. The van der Waals surface area contributed by atoms with Gasteiger partial charge in [-0.25, -0.2) is 9.67 Å². The third-order valence-electron chi connectivity index (χ3n) is 5.61. The molecule has 0 unspecified atom stereocenters. The molecular formula is C22H21N5O2. The number of nitrogens with zero attached hydrogens (tertiary/aromatic N) is 5. The van der Waals surface area contributed by atoms with Crippen LogP contribution in [0.5, 0.6) is 5.75 Å². The van der Waals surface area contributed by atoms with Crippen LogP contribution in [0.3, 0.4) is 0 Å². The number of hydrogen-bond acceptors (Lipinski definition) is 5. The van der Waals surface area contributed by atoms with Crippen LogP contribution < -0.4 is 10.3 Å². The molecule has 0 aliphatic heterocycles. The number of ether oxygens (including phenoxy) is 1. The molecule has 1 aromatic carbocycles. The standard InChI is InChI=1S/C22H21N5O2/c1-15-3-8-20-23-17(11-21(28)27(20)12-15)13-26-14-19(24-25-26)22(9-10-22)16-4-6-18(29-2)7-5-16/h3-8,11-12,14H,9-10,13H2,1-2H3. The molecular weight excluding hydrogens is 366 g/mol. The Morgan fingerprint density at radius 1 is 1.10 bits per heavy atom. The topological polar surface area (TPSA) is 74.3 Å². The van der Waals surface area contributed by atoms with E-state index in [1.165, 1.54) is 5.56 Å². The molecule has 0 N–H and O–H groups in total. The van der Waals surface area contributed by atoms with E-state index in [1.54, 1.807) is 28.5 Å². The minimum absolute atomic E-state index is 0.0710. The van der Waals surface area contributed by atoms with Crippen molar-refractivity contribution in [1.82, 2.24) is 24.4 Å². The van der Waals surface area contributed by atoms with Gasteiger partial charge in [0.15, 0.2) is 0 Å². The molecule has 1 saturated carbocycles. The number of hydrogen-bond donors (Lipinski definition) is 0. The molecule has 3 aromatic heterocycles. The maximum atomic E-state index is 12.4. The largest absolute Gasteiger partial charge is 0.497 e. The van der Waals surface area contributed by atoms with Crippen molar-refractivity contribution in [3.05, 3.63) is 87.7 Å². The summed E-state index contributed by atoms with van der Waals surface area (Å²) in [6, 6.07) is 13.5. The maximum absolute atomic E-state index is 12.4. The van der Waals surface area contributed by atoms with Crippen molar-refractivity contribution in [2.45, 2.75) is 31.7 Å². The summed E-state index contributed by atoms with van der Waals surface area (Å²) >= 11 is 0. The van der Waals surface area contributed by atoms with E-state index < -0.39 is 0 Å². The van der Waals surface area contributed by atoms with E-state index >= 15 is 0 Å². The molecule has 0 radical (unpaired) electrons. The zero-order valence-corrected chi connectivity index (χ0v) is 16.4. The van der Waals surface area contributed by atoms with Crippen LogP contribution in [-0.2, 0) is 12.0 Å². The van der Waals surface area contributed by atoms with E-state index in [4.69, 9.17) is 4.74 Å². The predicted octanol–water partition coefficient (Wildman–Crippen LogP) is 2.73. The number of aromatic nitrogens is 5. The van der Waals surface area contributed by atoms with Crippen LogP contribution in [-0.4, -0.2) is 31.5 Å². The fourth-order valence-electron chi connectivity index (χ4n) is 3.83. The lowest BCUT2D eigenvalue weighted by Gasteiger charge is -2.12. The van der Waals surface area contributed by atoms with E-state index in [9.17, 15) is 4.79 Å². The molecule has 0 amide bonds. The van der Waals surface area contributed by atoms with Crippen LogP contribution in [0.4, 0.5) is 0 Å². The van der Waals surface area contributed by atoms with Gasteiger partial charge < -0.3 is 4.74 Å². The first-order valence-electron chi connectivity index (χ1n) is 9.61. The zero-order chi connectivity index (χ0) is 20.0. The van der Waals surface area contributed by atoms with Crippen molar-refractivity contribution < 1.29 is 4.74 Å². The fraction of sp³-hybridized carbons (Fsp3) is 0.273. The molecule has 0 bridgehead atoms. The molecule has 146 valence electrons. The van der Waals surface area contributed by atoms with Crippen LogP contribution >= 0.6 is 0 Å². The number of benzene rings is 1. The number of rotatable bonds is 5. The van der Waals surface area contributed by atoms with Gasteiger partial charge in [0.05, 0.1) is 25.0 Å². The first-order valence-corrected chi connectivity index (χ1v) is 9.61. The lowest BCUT2D eigenvalue weighted by Crippen LogP contribution is -2.17. The van der Waals surface area contributed by atoms with Crippen LogP contribution in [0, 0.1) is 6.92 Å². The van der Waals surface area contributed by atoms with Crippen LogP contribution in [0.25, 0.3) is 5.65 Å². The zero-order valence-electron chi connectivity index (χ0n) is 16.4. The first-order chi connectivity index (χ1) is 14.1. The molecule has 7 heteroatoms. The van der Waals surface area contributed by atoms with Gasteiger partial charge in [0.2, 0.25) is 0 Å². The Bertz CT molecular complexity index is 1250. The molecule has 0 spiro atoms. The molecule has 7 nitrogen and oxygen atoms in total. The molecule has 0 atom stereocenters. The molecule has 29 heavy (non-hydrogen) atoms. The lowest BCUT2D eigenvalue weighted by molar-refractivity contribution is 0.414. The van der Waals surface area contributed by atoms with Gasteiger partial charge in [0, 0.05) is 23.9 Å². The molecule has 0 saturated heterocycles. The molecule has 5 rings (SSSR count). The quantitative estimate of drug-likeness (QED) is 0.526. The van der Waals surface area contributed by atoms with Gasteiger partial charge in [-0.1, -0.05) is 23.4 Å². The van der Waals surface area contributed by atoms with Crippen molar-refractivity contribution >= 4 is 5.65 Å². The van der Waals surface area contributed by atoms with E-state index in [0.717, 1.165) is 29.8 Å². The van der Waals surface area contributed by atoms with Crippen molar-refractivity contribution in [3.8, 4) is 5.75 Å². The van der Waals surface area contributed by atoms with E-state index in [1.807, 2.05) is 37.4 Å². The van der Waals surface area contributed by atoms with Gasteiger partial charge >= 0.3 is 0 Å². The van der Waals surface area contributed by atoms with Crippen molar-refractivity contribution in [3.63, 3.8) is 0 Å². The second-order valence-electron chi connectivity index (χ2n) is 7.63. The Kier molecular flexibility index (Phi) is 3.97. The SMILES string of the molecule is COc1ccc(C2(c3cn(Cc4cc(=O)n5cc(C)ccc5n4)nn3)CC2)cc1. The van der Waals surface area contributed by atoms with Gasteiger partial charge in [0.25, 0.3) is 5.56 Å². The molecule has 4 aromatic rings. The number of methoxy groups -OCH3 is 1. The van der Waals surface area contributed by atoms with Crippen molar-refractivity contribution in [1.29, 1.82) is 0 Å². The normalized spacial score (nSPS) is 14.8. The average molecular weight is 387 g/mol. The third-order valence-corrected chi connectivity index (χ3v) is 5.61. The van der Waals surface area contributed by atoms with E-state index in [2.05, 4.69) is 27.4 Å². The van der Waals surface area contributed by atoms with Crippen molar-refractivity contribution in [2.75, 3.05) is 7.11 Å². The Labute approximate surface area is 167 Å². The number of pyridine rings is 1. The highest BCUT2D eigenvalue weighted by atomic mass is 16.5. The highest BCUT2D eigenvalue weighted by Crippen LogP contribution is 2.52. The Morgan fingerprint density at radius 2 is 1.90 bits per heavy atom. The van der Waals surface area contributed by atoms with Gasteiger partial charge in [-0.15, -0.1) is 5.10 Å². The van der Waals surface area contributed by atoms with Crippen LogP contribution in [0.2, 0.25) is 0 Å². The van der Waals surface area contributed by atoms with Gasteiger partial charge in [-0.3, -0.25) is 9.20 Å². The van der Waals surface area contributed by atoms with Gasteiger partial charge in [0.1, 0.15) is 11.4 Å². The van der Waals surface area contributed by atoms with E-state index in [0.29, 0.717) is 17.9 Å². The van der Waals surface area contributed by atoms with Crippen molar-refractivity contribution in [2.24, 2.45) is 0 Å². The highest BCUT2D eigenvalue weighted by molar-refractivity contribution is 5.43. The van der Waals surface area contributed by atoms with Gasteiger partial charge in [-0.2, -0.15) is 0 Å². The Hall–Kier alpha value is -3.48. The maximum Gasteiger partial charge on any atom is 0.258 e. The predicted molar refractivity (Wildman–Crippen MR) is 108 cm³/mol. The molecule has 1 aliphatic carbocycles. The summed E-state index contributed by atoms with van der Waals surface area (Å²) in [5, 5.41) is 8.73. The average Bonchev–Trinajstić information content (AvgIpc) is 3.41. The fourth-order valence-corrected chi connectivity index (χ4v) is 3.83. The summed E-state index contributed by atoms with van der Waals surface area (Å²) in [5.74, 6) is 0.845. The minimum Gasteiger partial charge on any atom is -0.497 e. The Morgan fingerprint density at radius 3 is 2.62 bits per heavy atom. The minimum atomic E-state index is -0.0917. The van der Waals surface area contributed by atoms with Crippen LogP contribution in [0.1, 0.15) is 35.4 Å².